The number of rotatable bonds is 4. The molecule has 1 amide bonds. The number of thiazole rings is 1. The number of hydrogen-bond acceptors (Lipinski definition) is 4. The number of carbonyl (C=O) groups excluding carboxylic acids is 1. The Balaban J connectivity index is 1.74. The Morgan fingerprint density at radius 3 is 2.74 bits per heavy atom. The highest BCUT2D eigenvalue weighted by molar-refractivity contribution is 8.02. The maximum atomic E-state index is 12.6. The van der Waals surface area contributed by atoms with Crippen molar-refractivity contribution in [2.24, 2.45) is 0 Å². The Labute approximate surface area is 148 Å². The van der Waals surface area contributed by atoms with E-state index in [1.54, 1.807) is 23.3 Å². The Bertz CT molecular complexity index is 835. The van der Waals surface area contributed by atoms with E-state index in [-0.39, 0.29) is 11.2 Å². The molecule has 6 heteroatoms. The SMILES string of the molecule is C[C@@H](Sc1nc2cc(Cl)ccc2s1)C(=O)N(C)c1ccccc1. The van der Waals surface area contributed by atoms with Gasteiger partial charge in [0.05, 0.1) is 15.5 Å². The second-order valence-corrected chi connectivity index (χ2v) is 8.14. The van der Waals surface area contributed by atoms with Gasteiger partial charge in [0.1, 0.15) is 0 Å². The maximum absolute atomic E-state index is 12.6. The fraction of sp³-hybridized carbons (Fsp3) is 0.176. The van der Waals surface area contributed by atoms with Crippen molar-refractivity contribution in [2.45, 2.75) is 16.5 Å². The number of hydrogen-bond donors (Lipinski definition) is 0. The van der Waals surface area contributed by atoms with Crippen molar-refractivity contribution in [1.82, 2.24) is 4.98 Å². The zero-order valence-corrected chi connectivity index (χ0v) is 15.1. The summed E-state index contributed by atoms with van der Waals surface area (Å²) in [6, 6.07) is 15.3. The van der Waals surface area contributed by atoms with E-state index in [9.17, 15) is 4.79 Å². The predicted molar refractivity (Wildman–Crippen MR) is 99.8 cm³/mol. The van der Waals surface area contributed by atoms with Gasteiger partial charge in [-0.1, -0.05) is 41.6 Å². The minimum atomic E-state index is -0.212. The second kappa shape index (κ2) is 6.91. The fourth-order valence-electron chi connectivity index (χ4n) is 2.18. The molecule has 0 radical (unpaired) electrons. The average Bonchev–Trinajstić information content (AvgIpc) is 2.95. The van der Waals surface area contributed by atoms with Gasteiger partial charge in [0.2, 0.25) is 5.91 Å². The molecule has 1 atom stereocenters. The summed E-state index contributed by atoms with van der Waals surface area (Å²) in [4.78, 5) is 18.8. The summed E-state index contributed by atoms with van der Waals surface area (Å²) in [5.74, 6) is 0.0542. The van der Waals surface area contributed by atoms with Crippen LogP contribution in [0.15, 0.2) is 52.9 Å². The van der Waals surface area contributed by atoms with E-state index in [1.165, 1.54) is 11.8 Å². The molecule has 0 bridgehead atoms. The molecule has 0 spiro atoms. The zero-order chi connectivity index (χ0) is 16.4. The molecule has 0 aliphatic carbocycles. The van der Waals surface area contributed by atoms with Gasteiger partial charge in [0, 0.05) is 17.8 Å². The highest BCUT2D eigenvalue weighted by Gasteiger charge is 2.21. The largest absolute Gasteiger partial charge is 0.315 e. The van der Waals surface area contributed by atoms with Crippen molar-refractivity contribution in [3.05, 3.63) is 53.6 Å². The monoisotopic (exact) mass is 362 g/mol. The van der Waals surface area contributed by atoms with Gasteiger partial charge in [-0.25, -0.2) is 4.98 Å². The van der Waals surface area contributed by atoms with Crippen LogP contribution in [0, 0.1) is 0 Å². The van der Waals surface area contributed by atoms with Crippen molar-refractivity contribution in [2.75, 3.05) is 11.9 Å². The normalized spacial score (nSPS) is 12.3. The maximum Gasteiger partial charge on any atom is 0.240 e. The van der Waals surface area contributed by atoms with Crippen LogP contribution in [0.4, 0.5) is 5.69 Å². The van der Waals surface area contributed by atoms with Gasteiger partial charge >= 0.3 is 0 Å². The third-order valence-corrected chi connectivity index (χ3v) is 5.88. The summed E-state index contributed by atoms with van der Waals surface area (Å²) >= 11 is 9.05. The van der Waals surface area contributed by atoms with Crippen LogP contribution in [0.5, 0.6) is 0 Å². The molecule has 0 aliphatic rings. The smallest absolute Gasteiger partial charge is 0.240 e. The van der Waals surface area contributed by atoms with Crippen LogP contribution in [0.1, 0.15) is 6.92 Å². The summed E-state index contributed by atoms with van der Waals surface area (Å²) in [6.07, 6.45) is 0. The van der Waals surface area contributed by atoms with E-state index in [1.807, 2.05) is 55.5 Å². The molecule has 3 nitrogen and oxygen atoms in total. The van der Waals surface area contributed by atoms with Gasteiger partial charge in [0.15, 0.2) is 4.34 Å². The van der Waals surface area contributed by atoms with Crippen molar-refractivity contribution < 1.29 is 4.79 Å². The predicted octanol–water partition coefficient (Wildman–Crippen LogP) is 5.09. The van der Waals surface area contributed by atoms with Gasteiger partial charge in [-0.15, -0.1) is 11.3 Å². The number of benzene rings is 2. The first-order valence-corrected chi connectivity index (χ1v) is 9.17. The van der Waals surface area contributed by atoms with E-state index in [0.717, 1.165) is 20.2 Å². The molecule has 23 heavy (non-hydrogen) atoms. The summed E-state index contributed by atoms with van der Waals surface area (Å²) in [5, 5.41) is 0.462. The topological polar surface area (TPSA) is 33.2 Å². The molecule has 2 aromatic carbocycles. The molecule has 118 valence electrons. The molecule has 0 saturated carbocycles. The third kappa shape index (κ3) is 3.68. The van der Waals surface area contributed by atoms with Crippen molar-refractivity contribution in [1.29, 1.82) is 0 Å². The van der Waals surface area contributed by atoms with Crippen molar-refractivity contribution in [3.8, 4) is 0 Å². The minimum Gasteiger partial charge on any atom is -0.315 e. The van der Waals surface area contributed by atoms with Gasteiger partial charge in [-0.3, -0.25) is 4.79 Å². The van der Waals surface area contributed by atoms with Crippen LogP contribution in [0.25, 0.3) is 10.2 Å². The lowest BCUT2D eigenvalue weighted by atomic mass is 10.3. The van der Waals surface area contributed by atoms with Gasteiger partial charge in [0.25, 0.3) is 0 Å². The molecular formula is C17H15ClN2OS2. The number of amides is 1. The first-order chi connectivity index (χ1) is 11.0. The third-order valence-electron chi connectivity index (χ3n) is 3.43. The van der Waals surface area contributed by atoms with Crippen molar-refractivity contribution in [3.63, 3.8) is 0 Å². The molecule has 1 aromatic heterocycles. The van der Waals surface area contributed by atoms with Crippen LogP contribution in [0.3, 0.4) is 0 Å². The molecular weight excluding hydrogens is 348 g/mol. The Morgan fingerprint density at radius 2 is 2.00 bits per heavy atom. The molecule has 0 aliphatic heterocycles. The van der Waals surface area contributed by atoms with Crippen LogP contribution in [0.2, 0.25) is 5.02 Å². The molecule has 0 unspecified atom stereocenters. The van der Waals surface area contributed by atoms with E-state index in [0.29, 0.717) is 5.02 Å². The van der Waals surface area contributed by atoms with Crippen LogP contribution >= 0.6 is 34.7 Å². The lowest BCUT2D eigenvalue weighted by molar-refractivity contribution is -0.117. The summed E-state index contributed by atoms with van der Waals surface area (Å²) < 4.78 is 1.96. The average molecular weight is 363 g/mol. The Morgan fingerprint density at radius 1 is 1.26 bits per heavy atom. The fourth-order valence-corrected chi connectivity index (χ4v) is 4.63. The van der Waals surface area contributed by atoms with E-state index in [2.05, 4.69) is 4.98 Å². The van der Waals surface area contributed by atoms with E-state index >= 15 is 0 Å². The first-order valence-electron chi connectivity index (χ1n) is 7.10. The molecule has 0 fully saturated rings. The molecule has 3 aromatic rings. The summed E-state index contributed by atoms with van der Waals surface area (Å²) in [6.45, 7) is 1.91. The number of aromatic nitrogens is 1. The molecule has 3 rings (SSSR count). The van der Waals surface area contributed by atoms with E-state index < -0.39 is 0 Å². The second-order valence-electron chi connectivity index (χ2n) is 5.08. The molecule has 1 heterocycles. The Kier molecular flexibility index (Phi) is 4.90. The van der Waals surface area contributed by atoms with Crippen LogP contribution in [-0.4, -0.2) is 23.2 Å². The van der Waals surface area contributed by atoms with E-state index in [4.69, 9.17) is 11.6 Å². The number of carbonyl (C=O) groups is 1. The quantitative estimate of drug-likeness (QED) is 0.606. The lowest BCUT2D eigenvalue weighted by Gasteiger charge is -2.20. The Hall–Kier alpha value is -1.56. The summed E-state index contributed by atoms with van der Waals surface area (Å²) in [5.41, 5.74) is 1.77. The van der Waals surface area contributed by atoms with Gasteiger partial charge in [-0.2, -0.15) is 0 Å². The standard InChI is InChI=1S/C17H15ClN2OS2/c1-11(16(21)20(2)13-6-4-3-5-7-13)22-17-19-14-10-12(18)8-9-15(14)23-17/h3-11H,1-2H3/t11-/m1/s1. The number of anilines is 1. The number of halogens is 1. The van der Waals surface area contributed by atoms with Crippen LogP contribution in [-0.2, 0) is 4.79 Å². The summed E-state index contributed by atoms with van der Waals surface area (Å²) in [7, 11) is 1.80. The van der Waals surface area contributed by atoms with Gasteiger partial charge in [-0.05, 0) is 37.3 Å². The number of nitrogens with zero attached hydrogens (tertiary/aromatic N) is 2. The number of para-hydroxylation sites is 1. The zero-order valence-electron chi connectivity index (χ0n) is 12.7. The minimum absolute atomic E-state index is 0.0542. The number of thioether (sulfide) groups is 1. The first kappa shape index (κ1) is 16.3. The van der Waals surface area contributed by atoms with Crippen molar-refractivity contribution >= 4 is 56.5 Å². The molecule has 0 saturated heterocycles. The number of fused-ring (bicyclic) bond motifs is 1. The lowest BCUT2D eigenvalue weighted by Crippen LogP contribution is -2.33. The van der Waals surface area contributed by atoms with Gasteiger partial charge < -0.3 is 4.90 Å². The highest BCUT2D eigenvalue weighted by atomic mass is 35.5. The highest BCUT2D eigenvalue weighted by Crippen LogP contribution is 2.33. The van der Waals surface area contributed by atoms with Crippen LogP contribution < -0.4 is 4.90 Å². The molecule has 0 N–H and O–H groups in total.